The van der Waals surface area contributed by atoms with E-state index in [1.807, 2.05) is 19.1 Å². The molecule has 2 aromatic carbocycles. The summed E-state index contributed by atoms with van der Waals surface area (Å²) >= 11 is 6.13. The van der Waals surface area contributed by atoms with Crippen molar-refractivity contribution >= 4 is 23.2 Å². The van der Waals surface area contributed by atoms with Gasteiger partial charge < -0.3 is 5.32 Å². The molecule has 5 heteroatoms. The van der Waals surface area contributed by atoms with Crippen LogP contribution in [0.1, 0.15) is 36.5 Å². The highest BCUT2D eigenvalue weighted by molar-refractivity contribution is 6.31. The van der Waals surface area contributed by atoms with Gasteiger partial charge in [0.05, 0.1) is 0 Å². The normalized spacial score (nSPS) is 15.7. The van der Waals surface area contributed by atoms with Gasteiger partial charge in [-0.1, -0.05) is 42.8 Å². The number of hydrogen-bond donors (Lipinski definition) is 1. The molecule has 1 aliphatic rings. The van der Waals surface area contributed by atoms with E-state index in [0.717, 1.165) is 49.2 Å². The standard InChI is InChI=1S/C22H26ClFN2O/c1-3-16-7-4-6-15(2)21(16)25-22(27)17-10-12-26(13-11-17)14-18-19(23)8-5-9-20(18)24/h4-9,17H,3,10-14H2,1-2H3,(H,25,27). The Morgan fingerprint density at radius 2 is 1.93 bits per heavy atom. The summed E-state index contributed by atoms with van der Waals surface area (Å²) in [5.74, 6) is -0.196. The zero-order chi connectivity index (χ0) is 19.4. The molecule has 1 heterocycles. The van der Waals surface area contributed by atoms with E-state index in [9.17, 15) is 9.18 Å². The lowest BCUT2D eigenvalue weighted by Gasteiger charge is -2.31. The molecule has 0 spiro atoms. The molecule has 3 rings (SSSR count). The minimum absolute atomic E-state index is 0.0124. The molecule has 0 unspecified atom stereocenters. The highest BCUT2D eigenvalue weighted by Crippen LogP contribution is 2.27. The van der Waals surface area contributed by atoms with Crippen LogP contribution in [0, 0.1) is 18.7 Å². The van der Waals surface area contributed by atoms with Gasteiger partial charge in [-0.25, -0.2) is 4.39 Å². The molecule has 1 N–H and O–H groups in total. The fraction of sp³-hybridized carbons (Fsp3) is 0.409. The van der Waals surface area contributed by atoms with Crippen LogP contribution in [0.15, 0.2) is 36.4 Å². The number of nitrogens with one attached hydrogen (secondary N) is 1. The van der Waals surface area contributed by atoms with Crippen molar-refractivity contribution in [3.63, 3.8) is 0 Å². The number of halogens is 2. The molecule has 144 valence electrons. The zero-order valence-electron chi connectivity index (χ0n) is 15.9. The first-order chi connectivity index (χ1) is 13.0. The Morgan fingerprint density at radius 3 is 2.59 bits per heavy atom. The van der Waals surface area contributed by atoms with Gasteiger partial charge in [0, 0.05) is 28.7 Å². The van der Waals surface area contributed by atoms with E-state index in [-0.39, 0.29) is 17.6 Å². The van der Waals surface area contributed by atoms with Crippen molar-refractivity contribution in [2.75, 3.05) is 18.4 Å². The third kappa shape index (κ3) is 4.69. The van der Waals surface area contributed by atoms with E-state index >= 15 is 0 Å². The number of para-hydroxylation sites is 1. The van der Waals surface area contributed by atoms with Gasteiger partial charge in [0.15, 0.2) is 0 Å². The predicted molar refractivity (Wildman–Crippen MR) is 109 cm³/mol. The van der Waals surface area contributed by atoms with Gasteiger partial charge in [0.1, 0.15) is 5.82 Å². The van der Waals surface area contributed by atoms with Crippen LogP contribution in [0.2, 0.25) is 5.02 Å². The van der Waals surface area contributed by atoms with Gasteiger partial charge in [-0.2, -0.15) is 0 Å². The number of carbonyl (C=O) groups is 1. The molecule has 0 aliphatic carbocycles. The minimum Gasteiger partial charge on any atom is -0.325 e. The average Bonchev–Trinajstić information content (AvgIpc) is 2.67. The molecule has 1 aliphatic heterocycles. The number of rotatable bonds is 5. The highest BCUT2D eigenvalue weighted by atomic mass is 35.5. The van der Waals surface area contributed by atoms with E-state index in [1.54, 1.807) is 12.1 Å². The number of likely N-dealkylation sites (tertiary alicyclic amines) is 1. The number of anilines is 1. The van der Waals surface area contributed by atoms with Crippen molar-refractivity contribution in [1.29, 1.82) is 0 Å². The summed E-state index contributed by atoms with van der Waals surface area (Å²) in [4.78, 5) is 14.9. The second-order valence-corrected chi connectivity index (χ2v) is 7.61. The molecule has 0 bridgehead atoms. The Morgan fingerprint density at radius 1 is 1.22 bits per heavy atom. The maximum atomic E-state index is 14.0. The molecule has 1 saturated heterocycles. The lowest BCUT2D eigenvalue weighted by molar-refractivity contribution is -0.121. The largest absolute Gasteiger partial charge is 0.325 e. The first-order valence-corrected chi connectivity index (χ1v) is 9.92. The number of amides is 1. The summed E-state index contributed by atoms with van der Waals surface area (Å²) in [5, 5.41) is 3.60. The number of nitrogens with zero attached hydrogens (tertiary/aromatic N) is 1. The second kappa shape index (κ2) is 8.85. The molecule has 0 atom stereocenters. The third-order valence-electron chi connectivity index (χ3n) is 5.39. The maximum absolute atomic E-state index is 14.0. The van der Waals surface area contributed by atoms with Gasteiger partial charge in [0.25, 0.3) is 0 Å². The highest BCUT2D eigenvalue weighted by Gasteiger charge is 2.26. The van der Waals surface area contributed by atoms with E-state index in [1.165, 1.54) is 6.07 Å². The van der Waals surface area contributed by atoms with Crippen molar-refractivity contribution in [3.05, 3.63) is 63.9 Å². The van der Waals surface area contributed by atoms with Crippen LogP contribution in [-0.2, 0) is 17.8 Å². The molecule has 0 aromatic heterocycles. The molecule has 0 saturated carbocycles. The summed E-state index contributed by atoms with van der Waals surface area (Å²) in [6, 6.07) is 10.9. The Labute approximate surface area is 165 Å². The van der Waals surface area contributed by atoms with Crippen molar-refractivity contribution in [2.45, 2.75) is 39.7 Å². The quantitative estimate of drug-likeness (QED) is 0.763. The smallest absolute Gasteiger partial charge is 0.227 e. The molecule has 27 heavy (non-hydrogen) atoms. The average molecular weight is 389 g/mol. The summed E-state index contributed by atoms with van der Waals surface area (Å²) in [6.07, 6.45) is 2.43. The molecule has 0 radical (unpaired) electrons. The molecular weight excluding hydrogens is 363 g/mol. The molecule has 1 fully saturated rings. The van der Waals surface area contributed by atoms with E-state index in [2.05, 4.69) is 23.2 Å². The van der Waals surface area contributed by atoms with Crippen LogP contribution in [-0.4, -0.2) is 23.9 Å². The van der Waals surface area contributed by atoms with Crippen LogP contribution in [0.4, 0.5) is 10.1 Å². The molecule has 3 nitrogen and oxygen atoms in total. The van der Waals surface area contributed by atoms with Crippen LogP contribution < -0.4 is 5.32 Å². The lowest BCUT2D eigenvalue weighted by atomic mass is 9.95. The summed E-state index contributed by atoms with van der Waals surface area (Å²) in [5.41, 5.74) is 3.74. The lowest BCUT2D eigenvalue weighted by Crippen LogP contribution is -2.38. The monoisotopic (exact) mass is 388 g/mol. The van der Waals surface area contributed by atoms with E-state index in [0.29, 0.717) is 17.1 Å². The fourth-order valence-electron chi connectivity index (χ4n) is 3.69. The zero-order valence-corrected chi connectivity index (χ0v) is 16.7. The van der Waals surface area contributed by atoms with Gasteiger partial charge in [0.2, 0.25) is 5.91 Å². The van der Waals surface area contributed by atoms with E-state index in [4.69, 9.17) is 11.6 Å². The second-order valence-electron chi connectivity index (χ2n) is 7.20. The van der Waals surface area contributed by atoms with Crippen molar-refractivity contribution in [2.24, 2.45) is 5.92 Å². The van der Waals surface area contributed by atoms with Crippen LogP contribution >= 0.6 is 11.6 Å². The van der Waals surface area contributed by atoms with Gasteiger partial charge in [-0.3, -0.25) is 9.69 Å². The predicted octanol–water partition coefficient (Wildman–Crippen LogP) is 5.20. The first-order valence-electron chi connectivity index (χ1n) is 9.54. The fourth-order valence-corrected chi connectivity index (χ4v) is 3.91. The van der Waals surface area contributed by atoms with Crippen LogP contribution in [0.25, 0.3) is 0 Å². The number of piperidine rings is 1. The van der Waals surface area contributed by atoms with Gasteiger partial charge in [-0.05, 0) is 62.5 Å². The maximum Gasteiger partial charge on any atom is 0.227 e. The number of carbonyl (C=O) groups excluding carboxylic acids is 1. The first kappa shape index (κ1) is 19.8. The van der Waals surface area contributed by atoms with Gasteiger partial charge >= 0.3 is 0 Å². The Bertz CT molecular complexity index is 796. The van der Waals surface area contributed by atoms with Crippen molar-refractivity contribution in [1.82, 2.24) is 4.90 Å². The van der Waals surface area contributed by atoms with Crippen LogP contribution in [0.5, 0.6) is 0 Å². The molecular formula is C22H26ClFN2O. The Balaban J connectivity index is 1.59. The molecule has 2 aromatic rings. The van der Waals surface area contributed by atoms with Gasteiger partial charge in [-0.15, -0.1) is 0 Å². The van der Waals surface area contributed by atoms with Crippen LogP contribution in [0.3, 0.4) is 0 Å². The summed E-state index contributed by atoms with van der Waals surface area (Å²) in [7, 11) is 0. The SMILES string of the molecule is CCc1cccc(C)c1NC(=O)C1CCN(Cc2c(F)cccc2Cl)CC1. The number of aryl methyl sites for hydroxylation is 2. The summed E-state index contributed by atoms with van der Waals surface area (Å²) in [6.45, 7) is 6.12. The topological polar surface area (TPSA) is 32.3 Å². The minimum atomic E-state index is -0.269. The van der Waals surface area contributed by atoms with E-state index < -0.39 is 0 Å². The Kier molecular flexibility index (Phi) is 6.51. The van der Waals surface area contributed by atoms with Crippen molar-refractivity contribution in [3.8, 4) is 0 Å². The molecule has 1 amide bonds. The number of benzene rings is 2. The number of hydrogen-bond acceptors (Lipinski definition) is 2. The Hall–Kier alpha value is -1.91. The van der Waals surface area contributed by atoms with Crippen molar-refractivity contribution < 1.29 is 9.18 Å². The third-order valence-corrected chi connectivity index (χ3v) is 5.74. The summed E-state index contributed by atoms with van der Waals surface area (Å²) < 4.78 is 14.0.